The average Bonchev–Trinajstić information content (AvgIpc) is 2.40. The van der Waals surface area contributed by atoms with Crippen LogP contribution in [-0.4, -0.2) is 35.4 Å². The third kappa shape index (κ3) is 3.94. The molecule has 1 amide bonds. The standard InChI is InChI=1S/C16H23FN2O2/c1-16(2,3)21-15(20)19-10-12(17)13(18)9-14(19)11-7-5-4-6-8-11/h4-8,12-14H,9-10,18H2,1-3H3. The van der Waals surface area contributed by atoms with E-state index in [0.29, 0.717) is 6.42 Å². The lowest BCUT2D eigenvalue weighted by atomic mass is 9.91. The number of carbonyl (C=O) groups excluding carboxylic acids is 1. The zero-order valence-corrected chi connectivity index (χ0v) is 12.8. The van der Waals surface area contributed by atoms with Crippen LogP contribution >= 0.6 is 0 Å². The summed E-state index contributed by atoms with van der Waals surface area (Å²) < 4.78 is 19.3. The summed E-state index contributed by atoms with van der Waals surface area (Å²) in [6.07, 6.45) is -1.33. The van der Waals surface area contributed by atoms with Gasteiger partial charge in [0.1, 0.15) is 11.8 Å². The number of benzene rings is 1. The molecule has 1 saturated heterocycles. The zero-order valence-electron chi connectivity index (χ0n) is 12.8. The van der Waals surface area contributed by atoms with Crippen molar-refractivity contribution in [2.45, 2.75) is 51.0 Å². The molecule has 1 aliphatic heterocycles. The van der Waals surface area contributed by atoms with Crippen LogP contribution in [0.3, 0.4) is 0 Å². The van der Waals surface area contributed by atoms with E-state index < -0.39 is 23.9 Å². The van der Waals surface area contributed by atoms with Gasteiger partial charge < -0.3 is 10.5 Å². The fourth-order valence-corrected chi connectivity index (χ4v) is 2.50. The molecular weight excluding hydrogens is 271 g/mol. The SMILES string of the molecule is CC(C)(C)OC(=O)N1CC(F)C(N)CC1c1ccccc1. The molecule has 0 saturated carbocycles. The van der Waals surface area contributed by atoms with E-state index in [4.69, 9.17) is 10.5 Å². The molecule has 2 rings (SSSR count). The summed E-state index contributed by atoms with van der Waals surface area (Å²) in [4.78, 5) is 13.8. The second kappa shape index (κ2) is 6.02. The van der Waals surface area contributed by atoms with Crippen molar-refractivity contribution < 1.29 is 13.9 Å². The number of nitrogens with zero attached hydrogens (tertiary/aromatic N) is 1. The lowest BCUT2D eigenvalue weighted by molar-refractivity contribution is -0.00454. The molecule has 1 heterocycles. The van der Waals surface area contributed by atoms with E-state index >= 15 is 0 Å². The van der Waals surface area contributed by atoms with Gasteiger partial charge in [-0.25, -0.2) is 9.18 Å². The molecule has 0 radical (unpaired) electrons. The third-order valence-electron chi connectivity index (χ3n) is 3.52. The molecule has 3 unspecified atom stereocenters. The monoisotopic (exact) mass is 294 g/mol. The second-order valence-corrected chi connectivity index (χ2v) is 6.47. The van der Waals surface area contributed by atoms with Crippen molar-refractivity contribution in [2.24, 2.45) is 5.73 Å². The Hall–Kier alpha value is -1.62. The highest BCUT2D eigenvalue weighted by Crippen LogP contribution is 2.32. The molecule has 1 aromatic rings. The Kier molecular flexibility index (Phi) is 4.52. The molecule has 2 N–H and O–H groups in total. The summed E-state index contributed by atoms with van der Waals surface area (Å²) in [7, 11) is 0. The number of piperidine rings is 1. The van der Waals surface area contributed by atoms with Gasteiger partial charge in [-0.15, -0.1) is 0 Å². The molecule has 1 aromatic carbocycles. The first-order valence-electron chi connectivity index (χ1n) is 7.22. The van der Waals surface area contributed by atoms with Crippen LogP contribution in [0, 0.1) is 0 Å². The molecule has 5 heteroatoms. The van der Waals surface area contributed by atoms with E-state index in [0.717, 1.165) is 5.56 Å². The van der Waals surface area contributed by atoms with Crippen molar-refractivity contribution in [1.82, 2.24) is 4.90 Å². The first-order chi connectivity index (χ1) is 9.78. The quantitative estimate of drug-likeness (QED) is 0.866. The van der Waals surface area contributed by atoms with Crippen molar-refractivity contribution in [1.29, 1.82) is 0 Å². The van der Waals surface area contributed by atoms with Crippen LogP contribution in [0.2, 0.25) is 0 Å². The fraction of sp³-hybridized carbons (Fsp3) is 0.562. The predicted molar refractivity (Wildman–Crippen MR) is 79.6 cm³/mol. The van der Waals surface area contributed by atoms with Gasteiger partial charge in [-0.1, -0.05) is 30.3 Å². The smallest absolute Gasteiger partial charge is 0.410 e. The number of hydrogen-bond donors (Lipinski definition) is 1. The molecule has 0 bridgehead atoms. The Bertz CT molecular complexity index is 487. The Balaban J connectivity index is 2.24. The molecule has 4 nitrogen and oxygen atoms in total. The third-order valence-corrected chi connectivity index (χ3v) is 3.52. The van der Waals surface area contributed by atoms with Crippen molar-refractivity contribution in [3.05, 3.63) is 35.9 Å². The minimum atomic E-state index is -1.22. The van der Waals surface area contributed by atoms with Crippen molar-refractivity contribution >= 4 is 6.09 Å². The zero-order chi connectivity index (χ0) is 15.6. The Morgan fingerprint density at radius 3 is 2.52 bits per heavy atom. The number of amides is 1. The van der Waals surface area contributed by atoms with Gasteiger partial charge in [0.25, 0.3) is 0 Å². The van der Waals surface area contributed by atoms with Gasteiger partial charge >= 0.3 is 6.09 Å². The molecular formula is C16H23FN2O2. The molecule has 116 valence electrons. The first-order valence-corrected chi connectivity index (χ1v) is 7.22. The highest BCUT2D eigenvalue weighted by atomic mass is 19.1. The van der Waals surface area contributed by atoms with Crippen molar-refractivity contribution in [3.63, 3.8) is 0 Å². The normalized spacial score (nSPS) is 26.5. The largest absolute Gasteiger partial charge is 0.444 e. The van der Waals surface area contributed by atoms with E-state index in [1.54, 1.807) is 20.8 Å². The summed E-state index contributed by atoms with van der Waals surface area (Å²) in [5.41, 5.74) is 6.18. The molecule has 0 aromatic heterocycles. The van der Waals surface area contributed by atoms with Crippen LogP contribution < -0.4 is 5.73 Å². The number of nitrogens with two attached hydrogens (primary N) is 1. The van der Waals surface area contributed by atoms with Gasteiger partial charge in [-0.3, -0.25) is 4.90 Å². The number of likely N-dealkylation sites (tertiary alicyclic amines) is 1. The molecule has 1 fully saturated rings. The number of rotatable bonds is 1. The first kappa shape index (κ1) is 15.8. The second-order valence-electron chi connectivity index (χ2n) is 6.47. The number of carbonyl (C=O) groups is 1. The lowest BCUT2D eigenvalue weighted by Crippen LogP contribution is -2.53. The van der Waals surface area contributed by atoms with Crippen molar-refractivity contribution in [2.75, 3.05) is 6.54 Å². The van der Waals surface area contributed by atoms with E-state index in [-0.39, 0.29) is 12.6 Å². The van der Waals surface area contributed by atoms with Crippen molar-refractivity contribution in [3.8, 4) is 0 Å². The fourth-order valence-electron chi connectivity index (χ4n) is 2.50. The Labute approximate surface area is 125 Å². The average molecular weight is 294 g/mol. The summed E-state index contributed by atoms with van der Waals surface area (Å²) in [6, 6.07) is 8.74. The summed E-state index contributed by atoms with van der Waals surface area (Å²) in [5, 5.41) is 0. The van der Waals surface area contributed by atoms with Gasteiger partial charge in [-0.2, -0.15) is 0 Å². The predicted octanol–water partition coefficient (Wildman–Crippen LogP) is 3.03. The maximum absolute atomic E-state index is 13.9. The number of ether oxygens (including phenoxy) is 1. The molecule has 1 aliphatic rings. The maximum Gasteiger partial charge on any atom is 0.410 e. The van der Waals surface area contributed by atoms with E-state index in [1.807, 2.05) is 30.3 Å². The highest BCUT2D eigenvalue weighted by molar-refractivity contribution is 5.69. The van der Waals surface area contributed by atoms with Crippen LogP contribution in [0.1, 0.15) is 38.8 Å². The molecule has 21 heavy (non-hydrogen) atoms. The summed E-state index contributed by atoms with van der Waals surface area (Å²) in [6.45, 7) is 5.36. The van der Waals surface area contributed by atoms with Gasteiger partial charge in [-0.05, 0) is 32.8 Å². The number of halogens is 1. The van der Waals surface area contributed by atoms with Crippen LogP contribution in [0.5, 0.6) is 0 Å². The van der Waals surface area contributed by atoms with Crippen LogP contribution in [0.15, 0.2) is 30.3 Å². The van der Waals surface area contributed by atoms with E-state index in [1.165, 1.54) is 4.90 Å². The molecule has 0 spiro atoms. The number of hydrogen-bond acceptors (Lipinski definition) is 3. The van der Waals surface area contributed by atoms with Gasteiger partial charge in [0.2, 0.25) is 0 Å². The Morgan fingerprint density at radius 2 is 1.95 bits per heavy atom. The maximum atomic E-state index is 13.9. The van der Waals surface area contributed by atoms with Gasteiger partial charge in [0.15, 0.2) is 0 Å². The minimum Gasteiger partial charge on any atom is -0.444 e. The molecule has 3 atom stereocenters. The van der Waals surface area contributed by atoms with Gasteiger partial charge in [0, 0.05) is 6.04 Å². The topological polar surface area (TPSA) is 55.6 Å². The van der Waals surface area contributed by atoms with Gasteiger partial charge in [0.05, 0.1) is 12.6 Å². The highest BCUT2D eigenvalue weighted by Gasteiger charge is 2.39. The minimum absolute atomic E-state index is 0.0321. The van der Waals surface area contributed by atoms with Crippen LogP contribution in [-0.2, 0) is 4.74 Å². The van der Waals surface area contributed by atoms with E-state index in [2.05, 4.69) is 0 Å². The van der Waals surface area contributed by atoms with E-state index in [9.17, 15) is 9.18 Å². The van der Waals surface area contributed by atoms with Crippen LogP contribution in [0.25, 0.3) is 0 Å². The summed E-state index contributed by atoms with van der Waals surface area (Å²) >= 11 is 0. The summed E-state index contributed by atoms with van der Waals surface area (Å²) in [5.74, 6) is 0. The lowest BCUT2D eigenvalue weighted by Gasteiger charge is -2.40. The number of alkyl halides is 1. The molecule has 0 aliphatic carbocycles. The Morgan fingerprint density at radius 1 is 1.33 bits per heavy atom. The van der Waals surface area contributed by atoms with Crippen LogP contribution in [0.4, 0.5) is 9.18 Å².